The van der Waals surface area contributed by atoms with Crippen LogP contribution in [0.1, 0.15) is 31.9 Å². The van der Waals surface area contributed by atoms with E-state index in [1.165, 1.54) is 5.56 Å². The van der Waals surface area contributed by atoms with E-state index in [1.807, 2.05) is 18.5 Å². The third kappa shape index (κ3) is 1.83. The van der Waals surface area contributed by atoms with Gasteiger partial charge in [0, 0.05) is 18.9 Å². The minimum Gasteiger partial charge on any atom is -0.326 e. The van der Waals surface area contributed by atoms with E-state index in [4.69, 9.17) is 5.73 Å². The van der Waals surface area contributed by atoms with Gasteiger partial charge in [-0.05, 0) is 22.6 Å². The molecule has 0 saturated heterocycles. The highest BCUT2D eigenvalue weighted by Gasteiger charge is 2.16. The second-order valence-corrected chi connectivity index (χ2v) is 3.99. The third-order valence-corrected chi connectivity index (χ3v) is 1.93. The number of rotatable bonds is 1. The van der Waals surface area contributed by atoms with Crippen LogP contribution >= 0.6 is 0 Å². The first-order valence-electron chi connectivity index (χ1n) is 4.19. The van der Waals surface area contributed by atoms with E-state index >= 15 is 0 Å². The molecule has 0 aliphatic carbocycles. The lowest BCUT2D eigenvalue weighted by molar-refractivity contribution is 0.581. The summed E-state index contributed by atoms with van der Waals surface area (Å²) in [5.41, 5.74) is 8.21. The molecular formula is C10H16N2. The van der Waals surface area contributed by atoms with Crippen molar-refractivity contribution in [2.24, 2.45) is 5.73 Å². The molecule has 0 saturated carbocycles. The zero-order valence-corrected chi connectivity index (χ0v) is 7.96. The molecule has 0 aromatic carbocycles. The van der Waals surface area contributed by atoms with E-state index in [1.54, 1.807) is 0 Å². The fourth-order valence-corrected chi connectivity index (χ4v) is 1.32. The first kappa shape index (κ1) is 9.20. The van der Waals surface area contributed by atoms with Crippen LogP contribution in [0.2, 0.25) is 0 Å². The first-order chi connectivity index (χ1) is 5.55. The monoisotopic (exact) mass is 164 g/mol. The second kappa shape index (κ2) is 3.23. The summed E-state index contributed by atoms with van der Waals surface area (Å²) in [4.78, 5) is 4.05. The molecule has 0 bridgehead atoms. The summed E-state index contributed by atoms with van der Waals surface area (Å²) in [5, 5.41) is 0. The van der Waals surface area contributed by atoms with Crippen molar-refractivity contribution in [1.82, 2.24) is 4.98 Å². The van der Waals surface area contributed by atoms with Crippen LogP contribution in [0, 0.1) is 0 Å². The molecule has 0 atom stereocenters. The van der Waals surface area contributed by atoms with E-state index in [9.17, 15) is 0 Å². The van der Waals surface area contributed by atoms with Crippen molar-refractivity contribution in [2.75, 3.05) is 0 Å². The SMILES string of the molecule is CC(C)(C)c1ccncc1CN. The van der Waals surface area contributed by atoms with Crippen molar-refractivity contribution in [3.05, 3.63) is 29.6 Å². The number of hydrogen-bond donors (Lipinski definition) is 1. The molecule has 0 fully saturated rings. The van der Waals surface area contributed by atoms with Crippen LogP contribution < -0.4 is 5.73 Å². The molecule has 0 unspecified atom stereocenters. The predicted molar refractivity (Wildman–Crippen MR) is 50.8 cm³/mol. The molecule has 2 nitrogen and oxygen atoms in total. The van der Waals surface area contributed by atoms with Crippen molar-refractivity contribution in [3.63, 3.8) is 0 Å². The molecule has 0 spiro atoms. The van der Waals surface area contributed by atoms with Crippen molar-refractivity contribution in [2.45, 2.75) is 32.7 Å². The Balaban J connectivity index is 3.14. The molecule has 1 heterocycles. The fourth-order valence-electron chi connectivity index (χ4n) is 1.32. The molecule has 0 aliphatic rings. The lowest BCUT2D eigenvalue weighted by Crippen LogP contribution is -2.16. The second-order valence-electron chi connectivity index (χ2n) is 3.99. The van der Waals surface area contributed by atoms with Crippen molar-refractivity contribution >= 4 is 0 Å². The largest absolute Gasteiger partial charge is 0.326 e. The molecule has 1 rings (SSSR count). The smallest absolute Gasteiger partial charge is 0.0315 e. The van der Waals surface area contributed by atoms with Crippen molar-refractivity contribution in [1.29, 1.82) is 0 Å². The molecule has 1 aromatic heterocycles. The lowest BCUT2D eigenvalue weighted by atomic mass is 9.85. The van der Waals surface area contributed by atoms with E-state index in [0.717, 1.165) is 5.56 Å². The van der Waals surface area contributed by atoms with E-state index < -0.39 is 0 Å². The zero-order chi connectivity index (χ0) is 9.19. The molecule has 1 aromatic rings. The number of hydrogen-bond acceptors (Lipinski definition) is 2. The van der Waals surface area contributed by atoms with Gasteiger partial charge in [0.2, 0.25) is 0 Å². The number of nitrogens with zero attached hydrogens (tertiary/aromatic N) is 1. The topological polar surface area (TPSA) is 38.9 Å². The Morgan fingerprint density at radius 1 is 1.42 bits per heavy atom. The molecule has 2 N–H and O–H groups in total. The zero-order valence-electron chi connectivity index (χ0n) is 7.96. The summed E-state index contributed by atoms with van der Waals surface area (Å²) in [5.74, 6) is 0. The average Bonchev–Trinajstić information content (AvgIpc) is 2.03. The van der Waals surface area contributed by atoms with Gasteiger partial charge in [-0.25, -0.2) is 0 Å². The van der Waals surface area contributed by atoms with Crippen LogP contribution in [0.3, 0.4) is 0 Å². The quantitative estimate of drug-likeness (QED) is 0.687. The molecule has 0 radical (unpaired) electrons. The maximum Gasteiger partial charge on any atom is 0.0315 e. The lowest BCUT2D eigenvalue weighted by Gasteiger charge is -2.21. The predicted octanol–water partition coefficient (Wildman–Crippen LogP) is 1.84. The van der Waals surface area contributed by atoms with Crippen molar-refractivity contribution < 1.29 is 0 Å². The van der Waals surface area contributed by atoms with E-state index in [0.29, 0.717) is 6.54 Å². The highest BCUT2D eigenvalue weighted by Crippen LogP contribution is 2.24. The van der Waals surface area contributed by atoms with Gasteiger partial charge in [-0.15, -0.1) is 0 Å². The van der Waals surface area contributed by atoms with Crippen LogP contribution in [0.25, 0.3) is 0 Å². The van der Waals surface area contributed by atoms with Gasteiger partial charge in [-0.3, -0.25) is 4.98 Å². The Labute approximate surface area is 73.8 Å². The van der Waals surface area contributed by atoms with E-state index in [-0.39, 0.29) is 5.41 Å². The number of nitrogens with two attached hydrogens (primary N) is 1. The average molecular weight is 164 g/mol. The third-order valence-electron chi connectivity index (χ3n) is 1.93. The Morgan fingerprint density at radius 3 is 2.50 bits per heavy atom. The van der Waals surface area contributed by atoms with Gasteiger partial charge in [-0.1, -0.05) is 20.8 Å². The van der Waals surface area contributed by atoms with Gasteiger partial charge >= 0.3 is 0 Å². The molecular weight excluding hydrogens is 148 g/mol. The number of aromatic nitrogens is 1. The maximum absolute atomic E-state index is 5.61. The Hall–Kier alpha value is -0.890. The van der Waals surface area contributed by atoms with Crippen LogP contribution in [-0.2, 0) is 12.0 Å². The van der Waals surface area contributed by atoms with Gasteiger partial charge in [0.25, 0.3) is 0 Å². The summed E-state index contributed by atoms with van der Waals surface area (Å²) < 4.78 is 0. The van der Waals surface area contributed by atoms with Crippen LogP contribution in [0.15, 0.2) is 18.5 Å². The Kier molecular flexibility index (Phi) is 2.48. The van der Waals surface area contributed by atoms with Gasteiger partial charge in [-0.2, -0.15) is 0 Å². The molecule has 12 heavy (non-hydrogen) atoms. The van der Waals surface area contributed by atoms with Gasteiger partial charge in [0.05, 0.1) is 0 Å². The highest BCUT2D eigenvalue weighted by atomic mass is 14.6. The molecule has 0 amide bonds. The minimum absolute atomic E-state index is 0.164. The van der Waals surface area contributed by atoms with E-state index in [2.05, 4.69) is 25.8 Å². The fraction of sp³-hybridized carbons (Fsp3) is 0.500. The van der Waals surface area contributed by atoms with Gasteiger partial charge < -0.3 is 5.73 Å². The summed E-state index contributed by atoms with van der Waals surface area (Å²) in [6, 6.07) is 2.04. The summed E-state index contributed by atoms with van der Waals surface area (Å²) in [7, 11) is 0. The Bertz CT molecular complexity index is 261. The standard InChI is InChI=1S/C10H16N2/c1-10(2,3)9-4-5-12-7-8(9)6-11/h4-5,7H,6,11H2,1-3H3. The highest BCUT2D eigenvalue weighted by molar-refractivity contribution is 5.29. The Morgan fingerprint density at radius 2 is 2.08 bits per heavy atom. The molecule has 0 aliphatic heterocycles. The maximum atomic E-state index is 5.61. The van der Waals surface area contributed by atoms with Gasteiger partial charge in [0.1, 0.15) is 0 Å². The van der Waals surface area contributed by atoms with Crippen molar-refractivity contribution in [3.8, 4) is 0 Å². The number of pyridine rings is 1. The molecule has 66 valence electrons. The minimum atomic E-state index is 0.164. The van der Waals surface area contributed by atoms with Crippen LogP contribution in [0.5, 0.6) is 0 Å². The van der Waals surface area contributed by atoms with Crippen LogP contribution in [-0.4, -0.2) is 4.98 Å². The summed E-state index contributed by atoms with van der Waals surface area (Å²) >= 11 is 0. The first-order valence-corrected chi connectivity index (χ1v) is 4.19. The summed E-state index contributed by atoms with van der Waals surface area (Å²) in [6.45, 7) is 7.12. The van der Waals surface area contributed by atoms with Crippen LogP contribution in [0.4, 0.5) is 0 Å². The van der Waals surface area contributed by atoms with Gasteiger partial charge in [0.15, 0.2) is 0 Å². The normalized spacial score (nSPS) is 11.7. The molecule has 2 heteroatoms. The summed E-state index contributed by atoms with van der Waals surface area (Å²) in [6.07, 6.45) is 3.67.